The average molecular weight is 415 g/mol. The largest absolute Gasteiger partial charge is 0.356 e. The molecule has 0 atom stereocenters. The molecule has 1 heterocycles. The molecule has 2 N–H and O–H groups in total. The number of hydrogen-bond acceptors (Lipinski definition) is 4. The number of aryl methyl sites for hydroxylation is 1. The Bertz CT molecular complexity index is 837. The second-order valence-corrected chi connectivity index (χ2v) is 10.4. The smallest absolute Gasteiger partial charge is 0.226 e. The van der Waals surface area contributed by atoms with E-state index in [9.17, 15) is 13.2 Å². The summed E-state index contributed by atoms with van der Waals surface area (Å²) in [6.45, 7) is 6.50. The molecule has 1 aromatic rings. The standard InChI is InChI=1S/C18H27ClN4O3S/c1-13-5-6-15(14(19)11-13)22-16(24)7-8-21-17(20-4)23-9-10-27(25,26)18(2,3)12-23/h5-6,11H,7-10,12H2,1-4H3,(H,20,21)(H,22,24). The summed E-state index contributed by atoms with van der Waals surface area (Å²) in [6, 6.07) is 5.45. The van der Waals surface area contributed by atoms with Gasteiger partial charge in [0.2, 0.25) is 5.91 Å². The number of sulfone groups is 1. The zero-order valence-corrected chi connectivity index (χ0v) is 17.7. The lowest BCUT2D eigenvalue weighted by atomic mass is 10.2. The summed E-state index contributed by atoms with van der Waals surface area (Å²) in [4.78, 5) is 18.3. The SMILES string of the molecule is CN=C(NCCC(=O)Nc1ccc(C)cc1Cl)N1CCS(=O)(=O)C(C)(C)C1. The Kier molecular flexibility index (Phi) is 6.75. The first-order valence-corrected chi connectivity index (χ1v) is 10.8. The van der Waals surface area contributed by atoms with E-state index in [1.165, 1.54) is 0 Å². The van der Waals surface area contributed by atoms with Gasteiger partial charge in [-0.15, -0.1) is 0 Å². The van der Waals surface area contributed by atoms with Crippen LogP contribution in [-0.4, -0.2) is 62.4 Å². The van der Waals surface area contributed by atoms with Crippen LogP contribution >= 0.6 is 11.6 Å². The minimum atomic E-state index is -3.11. The van der Waals surface area contributed by atoms with Crippen LogP contribution in [-0.2, 0) is 14.6 Å². The average Bonchev–Trinajstić information content (AvgIpc) is 2.57. The molecule has 1 amide bonds. The van der Waals surface area contributed by atoms with E-state index in [1.807, 2.05) is 17.9 Å². The summed E-state index contributed by atoms with van der Waals surface area (Å²) in [7, 11) is -1.47. The van der Waals surface area contributed by atoms with Crippen LogP contribution in [0.4, 0.5) is 5.69 Å². The predicted octanol–water partition coefficient (Wildman–Crippen LogP) is 2.06. The van der Waals surface area contributed by atoms with Crippen LogP contribution in [0, 0.1) is 6.92 Å². The van der Waals surface area contributed by atoms with Gasteiger partial charge in [-0.25, -0.2) is 8.42 Å². The molecule has 27 heavy (non-hydrogen) atoms. The molecular formula is C18H27ClN4O3S. The van der Waals surface area contributed by atoms with Gasteiger partial charge in [-0.2, -0.15) is 0 Å². The second kappa shape index (κ2) is 8.48. The highest BCUT2D eigenvalue weighted by atomic mass is 35.5. The maximum atomic E-state index is 12.1. The lowest BCUT2D eigenvalue weighted by molar-refractivity contribution is -0.116. The molecule has 0 radical (unpaired) electrons. The monoisotopic (exact) mass is 414 g/mol. The highest BCUT2D eigenvalue weighted by molar-refractivity contribution is 7.92. The summed E-state index contributed by atoms with van der Waals surface area (Å²) >= 11 is 6.13. The molecule has 0 spiro atoms. The van der Waals surface area contributed by atoms with Crippen LogP contribution in [0.25, 0.3) is 0 Å². The second-order valence-electron chi connectivity index (χ2n) is 7.26. The summed E-state index contributed by atoms with van der Waals surface area (Å²) < 4.78 is 23.4. The van der Waals surface area contributed by atoms with Crippen molar-refractivity contribution in [1.82, 2.24) is 10.2 Å². The first-order chi connectivity index (χ1) is 12.6. The van der Waals surface area contributed by atoms with E-state index in [2.05, 4.69) is 15.6 Å². The number of aliphatic imine (C=N–C) groups is 1. The predicted molar refractivity (Wildman–Crippen MR) is 110 cm³/mol. The summed E-state index contributed by atoms with van der Waals surface area (Å²) in [5.41, 5.74) is 1.61. The quantitative estimate of drug-likeness (QED) is 0.581. The van der Waals surface area contributed by atoms with Gasteiger partial charge in [0, 0.05) is 33.1 Å². The lowest BCUT2D eigenvalue weighted by Gasteiger charge is -2.39. The molecule has 1 fully saturated rings. The van der Waals surface area contributed by atoms with E-state index in [0.29, 0.717) is 36.3 Å². The van der Waals surface area contributed by atoms with Gasteiger partial charge >= 0.3 is 0 Å². The van der Waals surface area contributed by atoms with E-state index in [1.54, 1.807) is 33.0 Å². The fourth-order valence-electron chi connectivity index (χ4n) is 2.88. The molecule has 0 bridgehead atoms. The third kappa shape index (κ3) is 5.35. The molecular weight excluding hydrogens is 388 g/mol. The number of anilines is 1. The number of halogens is 1. The van der Waals surface area contributed by atoms with Crippen molar-refractivity contribution < 1.29 is 13.2 Å². The molecule has 1 aromatic carbocycles. The maximum absolute atomic E-state index is 12.1. The highest BCUT2D eigenvalue weighted by Gasteiger charge is 2.40. The van der Waals surface area contributed by atoms with Crippen LogP contribution < -0.4 is 10.6 Å². The number of hydrogen-bond donors (Lipinski definition) is 2. The van der Waals surface area contributed by atoms with Crippen molar-refractivity contribution in [2.24, 2.45) is 4.99 Å². The molecule has 0 saturated carbocycles. The number of carbonyl (C=O) groups excluding carboxylic acids is 1. The molecule has 2 rings (SSSR count). The Morgan fingerprint density at radius 3 is 2.67 bits per heavy atom. The van der Waals surface area contributed by atoms with Crippen molar-refractivity contribution in [3.63, 3.8) is 0 Å². The number of rotatable bonds is 4. The van der Waals surface area contributed by atoms with Crippen molar-refractivity contribution in [1.29, 1.82) is 0 Å². The Hall–Kier alpha value is -1.80. The van der Waals surface area contributed by atoms with Gasteiger partial charge < -0.3 is 15.5 Å². The lowest BCUT2D eigenvalue weighted by Crippen LogP contribution is -2.57. The van der Waals surface area contributed by atoms with Crippen molar-refractivity contribution in [2.75, 3.05) is 37.8 Å². The molecule has 1 saturated heterocycles. The molecule has 0 aromatic heterocycles. The van der Waals surface area contributed by atoms with Crippen LogP contribution in [0.15, 0.2) is 23.2 Å². The number of guanidine groups is 1. The summed E-state index contributed by atoms with van der Waals surface area (Å²) in [6.07, 6.45) is 0.235. The molecule has 7 nitrogen and oxygen atoms in total. The topological polar surface area (TPSA) is 90.9 Å². The number of nitrogens with one attached hydrogen (secondary N) is 2. The van der Waals surface area contributed by atoms with Crippen LogP contribution in [0.5, 0.6) is 0 Å². The van der Waals surface area contributed by atoms with E-state index in [-0.39, 0.29) is 18.1 Å². The normalized spacial score (nSPS) is 18.9. The fourth-order valence-corrected chi connectivity index (χ4v) is 4.53. The number of nitrogens with zero attached hydrogens (tertiary/aromatic N) is 2. The van der Waals surface area contributed by atoms with Crippen molar-refractivity contribution in [3.05, 3.63) is 28.8 Å². The van der Waals surface area contributed by atoms with Crippen LogP contribution in [0.2, 0.25) is 5.02 Å². The molecule has 0 aliphatic carbocycles. The molecule has 9 heteroatoms. The van der Waals surface area contributed by atoms with E-state index < -0.39 is 14.6 Å². The van der Waals surface area contributed by atoms with E-state index in [4.69, 9.17) is 11.6 Å². The third-order valence-corrected chi connectivity index (χ3v) is 7.43. The number of carbonyl (C=O) groups is 1. The van der Waals surface area contributed by atoms with Crippen LogP contribution in [0.1, 0.15) is 25.8 Å². The molecule has 1 aliphatic rings. The number of benzene rings is 1. The minimum Gasteiger partial charge on any atom is -0.356 e. The Morgan fingerprint density at radius 2 is 2.07 bits per heavy atom. The van der Waals surface area contributed by atoms with Gasteiger partial charge in [-0.1, -0.05) is 17.7 Å². The van der Waals surface area contributed by atoms with Gasteiger partial charge in [0.15, 0.2) is 15.8 Å². The van der Waals surface area contributed by atoms with Gasteiger partial charge in [0.25, 0.3) is 0 Å². The molecule has 1 aliphatic heterocycles. The van der Waals surface area contributed by atoms with Crippen molar-refractivity contribution >= 4 is 39.0 Å². The van der Waals surface area contributed by atoms with Gasteiger partial charge in [0.1, 0.15) is 0 Å². The number of amides is 1. The fraction of sp³-hybridized carbons (Fsp3) is 0.556. The Balaban J connectivity index is 1.87. The van der Waals surface area contributed by atoms with E-state index in [0.717, 1.165) is 5.56 Å². The summed E-state index contributed by atoms with van der Waals surface area (Å²) in [5.74, 6) is 0.525. The van der Waals surface area contributed by atoms with Gasteiger partial charge in [-0.3, -0.25) is 9.79 Å². The third-order valence-electron chi connectivity index (χ3n) is 4.59. The minimum absolute atomic E-state index is 0.0904. The van der Waals surface area contributed by atoms with Crippen LogP contribution in [0.3, 0.4) is 0 Å². The molecule has 150 valence electrons. The molecule has 0 unspecified atom stereocenters. The highest BCUT2D eigenvalue weighted by Crippen LogP contribution is 2.24. The van der Waals surface area contributed by atoms with Gasteiger partial charge in [0.05, 0.1) is 21.2 Å². The first kappa shape index (κ1) is 21.5. The Labute approximate surface area is 166 Å². The first-order valence-electron chi connectivity index (χ1n) is 8.79. The zero-order chi connectivity index (χ0) is 20.2. The van der Waals surface area contributed by atoms with Crippen molar-refractivity contribution in [2.45, 2.75) is 31.9 Å². The maximum Gasteiger partial charge on any atom is 0.226 e. The summed E-state index contributed by atoms with van der Waals surface area (Å²) in [5, 5.41) is 6.42. The van der Waals surface area contributed by atoms with E-state index >= 15 is 0 Å². The zero-order valence-electron chi connectivity index (χ0n) is 16.2. The Morgan fingerprint density at radius 1 is 1.37 bits per heavy atom. The van der Waals surface area contributed by atoms with Gasteiger partial charge in [-0.05, 0) is 38.5 Å². The van der Waals surface area contributed by atoms with Crippen molar-refractivity contribution in [3.8, 4) is 0 Å².